The van der Waals surface area contributed by atoms with E-state index in [2.05, 4.69) is 54.1 Å². The Morgan fingerprint density at radius 3 is 2.59 bits per heavy atom. The van der Waals surface area contributed by atoms with Gasteiger partial charge < -0.3 is 4.74 Å². The zero-order valence-electron chi connectivity index (χ0n) is 19.0. The van der Waals surface area contributed by atoms with Crippen LogP contribution in [0.5, 0.6) is 5.88 Å². The van der Waals surface area contributed by atoms with Gasteiger partial charge in [0.2, 0.25) is 0 Å². The maximum Gasteiger partial charge on any atom is 0.176 e. The number of pyridine rings is 2. The number of rotatable bonds is 9. The van der Waals surface area contributed by atoms with Gasteiger partial charge in [-0.1, -0.05) is 54.6 Å². The predicted molar refractivity (Wildman–Crippen MR) is 123 cm³/mol. The van der Waals surface area contributed by atoms with Gasteiger partial charge in [0.15, 0.2) is 11.4 Å². The number of carbonyl (C=O) groups is 1. The molecule has 2 unspecified atom stereocenters. The Kier molecular flexibility index (Phi) is 10.0. The summed E-state index contributed by atoms with van der Waals surface area (Å²) in [4.78, 5) is 21.8. The van der Waals surface area contributed by atoms with E-state index in [0.29, 0.717) is 17.3 Å². The van der Waals surface area contributed by atoms with E-state index >= 15 is 0 Å². The summed E-state index contributed by atoms with van der Waals surface area (Å²) in [6, 6.07) is 18.5. The average molecular weight is 525 g/mol. The van der Waals surface area contributed by atoms with Crippen LogP contribution in [0.3, 0.4) is 0 Å². The van der Waals surface area contributed by atoms with Gasteiger partial charge in [-0.15, -0.1) is 6.07 Å². The van der Waals surface area contributed by atoms with Gasteiger partial charge in [0, 0.05) is 51.0 Å². The molecule has 1 radical (unpaired) electrons. The van der Waals surface area contributed by atoms with E-state index in [-0.39, 0.29) is 50.3 Å². The number of aryl methyl sites for hydroxylation is 1. The van der Waals surface area contributed by atoms with Gasteiger partial charge in [-0.05, 0) is 56.7 Å². The fourth-order valence-corrected chi connectivity index (χ4v) is 3.78. The summed E-state index contributed by atoms with van der Waals surface area (Å²) in [6.07, 6.45) is 4.32. The fourth-order valence-electron chi connectivity index (χ4n) is 3.67. The van der Waals surface area contributed by atoms with Crippen LogP contribution in [0.1, 0.15) is 49.9 Å². The number of halogens is 1. The first kappa shape index (κ1) is 26.6. The average Bonchev–Trinajstić information content (AvgIpc) is 2.73. The van der Waals surface area contributed by atoms with Gasteiger partial charge in [-0.3, -0.25) is 14.8 Å². The van der Waals surface area contributed by atoms with Crippen molar-refractivity contribution in [1.82, 2.24) is 9.97 Å². The van der Waals surface area contributed by atoms with Crippen molar-refractivity contribution in [2.75, 3.05) is 0 Å². The summed E-state index contributed by atoms with van der Waals surface area (Å²) in [6.45, 7) is 7.79. The zero-order valence-corrected chi connectivity index (χ0v) is 22.6. The van der Waals surface area contributed by atoms with Crippen LogP contribution in [0.25, 0.3) is 0 Å². The molecule has 0 saturated heterocycles. The SMILES string of the molecule is Cc1cccc(C(Cc2ccc(Cl)cn2)C(C)CC(=O)C(C)(C)Oc2cc[c-]cn2)c1.[Y]. The third-order valence-corrected chi connectivity index (χ3v) is 5.73. The van der Waals surface area contributed by atoms with Gasteiger partial charge in [0.1, 0.15) is 5.88 Å². The Labute approximate surface area is 221 Å². The molecule has 165 valence electrons. The minimum absolute atomic E-state index is 0. The number of Topliss-reactive ketones (excluding diaryl/α,β-unsaturated/α-hetero) is 1. The normalized spacial score (nSPS) is 13.0. The minimum atomic E-state index is -0.974. The number of ketones is 1. The van der Waals surface area contributed by atoms with Crippen molar-refractivity contribution in [3.05, 3.63) is 88.8 Å². The Bertz CT molecular complexity index is 1010. The van der Waals surface area contributed by atoms with E-state index in [1.807, 2.05) is 12.1 Å². The molecule has 0 aliphatic heterocycles. The molecule has 3 rings (SSSR count). The molecule has 0 aliphatic carbocycles. The van der Waals surface area contributed by atoms with Crippen molar-refractivity contribution in [2.45, 2.75) is 52.1 Å². The molecule has 6 heteroatoms. The molecular formula is C26H28ClN2O2Y-. The molecule has 1 aromatic carbocycles. The molecule has 0 aliphatic rings. The molecule has 2 aromatic heterocycles. The maximum absolute atomic E-state index is 13.2. The van der Waals surface area contributed by atoms with Crippen molar-refractivity contribution >= 4 is 17.4 Å². The van der Waals surface area contributed by atoms with Crippen LogP contribution in [-0.2, 0) is 43.9 Å². The third-order valence-electron chi connectivity index (χ3n) is 5.50. The number of carbonyl (C=O) groups excluding carboxylic acids is 1. The molecule has 2 atom stereocenters. The molecule has 0 spiro atoms. The van der Waals surface area contributed by atoms with Crippen LogP contribution >= 0.6 is 11.6 Å². The number of hydrogen-bond acceptors (Lipinski definition) is 4. The van der Waals surface area contributed by atoms with E-state index in [1.165, 1.54) is 17.3 Å². The fraction of sp³-hybridized carbons (Fsp3) is 0.346. The van der Waals surface area contributed by atoms with Crippen LogP contribution in [-0.4, -0.2) is 21.4 Å². The monoisotopic (exact) mass is 524 g/mol. The summed E-state index contributed by atoms with van der Waals surface area (Å²) < 4.78 is 5.89. The van der Waals surface area contributed by atoms with E-state index in [1.54, 1.807) is 32.2 Å². The van der Waals surface area contributed by atoms with E-state index in [9.17, 15) is 4.79 Å². The van der Waals surface area contributed by atoms with Gasteiger partial charge in [-0.2, -0.15) is 0 Å². The quantitative estimate of drug-likeness (QED) is 0.321. The summed E-state index contributed by atoms with van der Waals surface area (Å²) in [5.74, 6) is 0.686. The molecule has 2 heterocycles. The molecule has 0 fully saturated rings. The Morgan fingerprint density at radius 1 is 1.19 bits per heavy atom. The van der Waals surface area contributed by atoms with Gasteiger partial charge >= 0.3 is 0 Å². The predicted octanol–water partition coefficient (Wildman–Crippen LogP) is 6.02. The Morgan fingerprint density at radius 2 is 1.97 bits per heavy atom. The second-order valence-corrected chi connectivity index (χ2v) is 8.94. The van der Waals surface area contributed by atoms with Crippen LogP contribution in [0, 0.1) is 18.9 Å². The number of nitrogens with zero attached hydrogens (tertiary/aromatic N) is 2. The van der Waals surface area contributed by atoms with Crippen molar-refractivity contribution < 1.29 is 42.2 Å². The number of benzene rings is 1. The van der Waals surface area contributed by atoms with Crippen LogP contribution < -0.4 is 4.74 Å². The molecule has 4 nitrogen and oxygen atoms in total. The summed E-state index contributed by atoms with van der Waals surface area (Å²) in [5, 5.41) is 0.616. The standard InChI is InChI=1S/C26H28ClN2O2.Y/c1-18-8-7-9-20(14-18)23(16-22-12-11-21(27)17-29-22)19(2)15-24(30)26(3,4)31-25-10-5-6-13-28-25;/h5,7-14,17,19,23H,15-16H2,1-4H3;/q-1;. The number of hydrogen-bond donors (Lipinski definition) is 0. The first-order valence-corrected chi connectivity index (χ1v) is 10.8. The van der Waals surface area contributed by atoms with Crippen LogP contribution in [0.15, 0.2) is 60.9 Å². The third kappa shape index (κ3) is 7.47. The number of aromatic nitrogens is 2. The second-order valence-electron chi connectivity index (χ2n) is 8.51. The second kappa shape index (κ2) is 12.0. The van der Waals surface area contributed by atoms with E-state index < -0.39 is 5.60 Å². The van der Waals surface area contributed by atoms with E-state index in [0.717, 1.165) is 12.1 Å². The van der Waals surface area contributed by atoms with Crippen molar-refractivity contribution in [3.8, 4) is 5.88 Å². The van der Waals surface area contributed by atoms with E-state index in [4.69, 9.17) is 16.3 Å². The molecule has 0 amide bonds. The number of ether oxygens (including phenoxy) is 1. The smallest absolute Gasteiger partial charge is 0.176 e. The summed E-state index contributed by atoms with van der Waals surface area (Å²) in [7, 11) is 0. The first-order valence-electron chi connectivity index (χ1n) is 10.5. The van der Waals surface area contributed by atoms with Crippen molar-refractivity contribution in [1.29, 1.82) is 0 Å². The van der Waals surface area contributed by atoms with Crippen LogP contribution in [0.2, 0.25) is 5.02 Å². The molecule has 0 N–H and O–H groups in total. The van der Waals surface area contributed by atoms with Crippen LogP contribution in [0.4, 0.5) is 0 Å². The first-order chi connectivity index (χ1) is 14.7. The van der Waals surface area contributed by atoms with Gasteiger partial charge in [0.05, 0.1) is 5.02 Å². The van der Waals surface area contributed by atoms with Gasteiger partial charge in [-0.25, -0.2) is 12.1 Å². The molecule has 0 bridgehead atoms. The Balaban J connectivity index is 0.00000363. The summed E-state index contributed by atoms with van der Waals surface area (Å²) in [5.41, 5.74) is 2.38. The zero-order chi connectivity index (χ0) is 22.4. The summed E-state index contributed by atoms with van der Waals surface area (Å²) >= 11 is 6.01. The van der Waals surface area contributed by atoms with Crippen molar-refractivity contribution in [3.63, 3.8) is 0 Å². The largest absolute Gasteiger partial charge is 0.480 e. The minimum Gasteiger partial charge on any atom is -0.480 e. The topological polar surface area (TPSA) is 52.1 Å². The Hall–Kier alpha value is -1.62. The molecule has 0 saturated carbocycles. The van der Waals surface area contributed by atoms with Crippen molar-refractivity contribution in [2.24, 2.45) is 5.92 Å². The molecule has 3 aromatic rings. The molecular weight excluding hydrogens is 497 g/mol. The van der Waals surface area contributed by atoms with Gasteiger partial charge in [0.25, 0.3) is 0 Å². The maximum atomic E-state index is 13.2. The molecule has 32 heavy (non-hydrogen) atoms.